The van der Waals surface area contributed by atoms with Crippen LogP contribution in [0.3, 0.4) is 0 Å². The van der Waals surface area contributed by atoms with Crippen molar-refractivity contribution in [3.8, 4) is 6.07 Å². The van der Waals surface area contributed by atoms with Gasteiger partial charge in [0.05, 0.1) is 29.5 Å². The number of carbonyl (C=O) groups is 3. The number of anilines is 1. The Kier molecular flexibility index (Phi) is 6.72. The molecule has 0 radical (unpaired) electrons. The van der Waals surface area contributed by atoms with E-state index >= 15 is 0 Å². The van der Waals surface area contributed by atoms with Gasteiger partial charge < -0.3 is 20.3 Å². The van der Waals surface area contributed by atoms with Crippen LogP contribution >= 0.6 is 0 Å². The van der Waals surface area contributed by atoms with E-state index in [1.807, 2.05) is 4.90 Å². The van der Waals surface area contributed by atoms with Crippen LogP contribution in [0.1, 0.15) is 52.0 Å². The lowest BCUT2D eigenvalue weighted by molar-refractivity contribution is -0.124. The van der Waals surface area contributed by atoms with Crippen LogP contribution in [0, 0.1) is 17.2 Å². The molecule has 1 aliphatic carbocycles. The zero-order valence-corrected chi connectivity index (χ0v) is 18.9. The Morgan fingerprint density at radius 1 is 1.21 bits per heavy atom. The number of nitrogens with one attached hydrogen (secondary N) is 2. The number of piperidine rings is 1. The molecular weight excluding hydrogens is 436 g/mol. The number of ether oxygens (including phenoxy) is 1. The Labute approximate surface area is 197 Å². The minimum Gasteiger partial charge on any atom is -0.465 e. The third-order valence-electron chi connectivity index (χ3n) is 6.40. The maximum absolute atomic E-state index is 12.8. The minimum atomic E-state index is -0.866. The molecule has 2 heterocycles. The number of esters is 1. The molecule has 2 aromatic rings. The molecule has 2 fully saturated rings. The standard InChI is InChI=1S/C24H26N6O4/c1-34-22(32)19-4-2-3-17(11-25)20(19)30-9-5-16(6-10-30)12-28-23(33)24(7-8-24)29-21(31)18-13-26-15-27-14-18/h2-4,13-16H,5-10,12H2,1H3,(H,28,33)(H,29,31). The predicted octanol–water partition coefficient (Wildman–Crippen LogP) is 1.43. The fourth-order valence-electron chi connectivity index (χ4n) is 4.26. The van der Waals surface area contributed by atoms with Crippen LogP contribution in [-0.2, 0) is 9.53 Å². The molecule has 34 heavy (non-hydrogen) atoms. The minimum absolute atomic E-state index is 0.178. The third-order valence-corrected chi connectivity index (χ3v) is 6.40. The van der Waals surface area contributed by atoms with E-state index in [1.165, 1.54) is 25.8 Å². The molecule has 10 nitrogen and oxygen atoms in total. The predicted molar refractivity (Wildman–Crippen MR) is 122 cm³/mol. The van der Waals surface area contributed by atoms with E-state index < -0.39 is 11.5 Å². The molecule has 4 rings (SSSR count). The molecule has 1 aromatic carbocycles. The number of hydrogen-bond acceptors (Lipinski definition) is 8. The average molecular weight is 463 g/mol. The molecule has 2 amide bonds. The van der Waals surface area contributed by atoms with Crippen molar-refractivity contribution >= 4 is 23.5 Å². The van der Waals surface area contributed by atoms with Crippen LogP contribution in [0.15, 0.2) is 36.9 Å². The summed E-state index contributed by atoms with van der Waals surface area (Å²) in [6.07, 6.45) is 6.95. The highest BCUT2D eigenvalue weighted by molar-refractivity contribution is 6.00. The van der Waals surface area contributed by atoms with E-state index in [2.05, 4.69) is 26.7 Å². The first kappa shape index (κ1) is 23.2. The second-order valence-corrected chi connectivity index (χ2v) is 8.61. The first-order chi connectivity index (χ1) is 16.5. The van der Waals surface area contributed by atoms with Gasteiger partial charge >= 0.3 is 5.97 Å². The summed E-state index contributed by atoms with van der Waals surface area (Å²) >= 11 is 0. The van der Waals surface area contributed by atoms with Gasteiger partial charge in [0.15, 0.2) is 0 Å². The number of nitriles is 1. The zero-order chi connectivity index (χ0) is 24.1. The highest BCUT2D eigenvalue weighted by atomic mass is 16.5. The molecule has 10 heteroatoms. The van der Waals surface area contributed by atoms with Crippen molar-refractivity contribution in [1.29, 1.82) is 5.26 Å². The van der Waals surface area contributed by atoms with Gasteiger partial charge in [-0.15, -0.1) is 0 Å². The van der Waals surface area contributed by atoms with Gasteiger partial charge in [0.25, 0.3) is 5.91 Å². The number of nitrogens with zero attached hydrogens (tertiary/aromatic N) is 4. The van der Waals surface area contributed by atoms with Crippen LogP contribution in [0.4, 0.5) is 5.69 Å². The summed E-state index contributed by atoms with van der Waals surface area (Å²) in [6, 6.07) is 7.20. The van der Waals surface area contributed by atoms with Crippen molar-refractivity contribution in [3.63, 3.8) is 0 Å². The van der Waals surface area contributed by atoms with Crippen molar-refractivity contribution in [2.75, 3.05) is 31.6 Å². The van der Waals surface area contributed by atoms with E-state index in [4.69, 9.17) is 4.74 Å². The molecule has 176 valence electrons. The van der Waals surface area contributed by atoms with Crippen molar-refractivity contribution in [3.05, 3.63) is 53.6 Å². The molecule has 1 saturated heterocycles. The topological polar surface area (TPSA) is 137 Å². The molecule has 1 saturated carbocycles. The number of benzene rings is 1. The molecule has 0 spiro atoms. The lowest BCUT2D eigenvalue weighted by Crippen LogP contribution is -2.50. The van der Waals surface area contributed by atoms with Gasteiger partial charge in [-0.3, -0.25) is 9.59 Å². The number of rotatable bonds is 7. The summed E-state index contributed by atoms with van der Waals surface area (Å²) in [6.45, 7) is 1.81. The molecule has 0 atom stereocenters. The molecule has 0 unspecified atom stereocenters. The maximum Gasteiger partial charge on any atom is 0.340 e. The van der Waals surface area contributed by atoms with E-state index in [9.17, 15) is 19.6 Å². The SMILES string of the molecule is COC(=O)c1cccc(C#N)c1N1CCC(CNC(=O)C2(NC(=O)c3cncnc3)CC2)CC1. The van der Waals surface area contributed by atoms with E-state index in [-0.39, 0.29) is 17.7 Å². The molecule has 1 aromatic heterocycles. The number of hydrogen-bond donors (Lipinski definition) is 2. The lowest BCUT2D eigenvalue weighted by Gasteiger charge is -2.35. The maximum atomic E-state index is 12.8. The lowest BCUT2D eigenvalue weighted by atomic mass is 9.94. The van der Waals surface area contributed by atoms with Crippen molar-refractivity contribution in [2.45, 2.75) is 31.2 Å². The summed E-state index contributed by atoms with van der Waals surface area (Å²) in [5, 5.41) is 15.3. The number of methoxy groups -OCH3 is 1. The second-order valence-electron chi connectivity index (χ2n) is 8.61. The van der Waals surface area contributed by atoms with Gasteiger partial charge in [-0.2, -0.15) is 5.26 Å². The van der Waals surface area contributed by atoms with E-state index in [0.29, 0.717) is 54.9 Å². The monoisotopic (exact) mass is 462 g/mol. The van der Waals surface area contributed by atoms with Crippen LogP contribution in [0.2, 0.25) is 0 Å². The van der Waals surface area contributed by atoms with E-state index in [0.717, 1.165) is 12.8 Å². The summed E-state index contributed by atoms with van der Waals surface area (Å²) in [5.41, 5.74) is 0.865. The van der Waals surface area contributed by atoms with Crippen molar-refractivity contribution < 1.29 is 19.1 Å². The molecule has 2 aliphatic rings. The van der Waals surface area contributed by atoms with Gasteiger partial charge in [-0.25, -0.2) is 14.8 Å². The third kappa shape index (κ3) is 4.83. The quantitative estimate of drug-likeness (QED) is 0.590. The van der Waals surface area contributed by atoms with Gasteiger partial charge in [-0.1, -0.05) is 6.07 Å². The molecular formula is C24H26N6O4. The van der Waals surface area contributed by atoms with Gasteiger partial charge in [0.2, 0.25) is 5.91 Å². The molecule has 0 bridgehead atoms. The van der Waals surface area contributed by atoms with Crippen LogP contribution in [0.25, 0.3) is 0 Å². The van der Waals surface area contributed by atoms with Crippen LogP contribution < -0.4 is 15.5 Å². The van der Waals surface area contributed by atoms with Gasteiger partial charge in [0, 0.05) is 32.0 Å². The summed E-state index contributed by atoms with van der Waals surface area (Å²) < 4.78 is 4.89. The Bertz CT molecular complexity index is 1120. The molecule has 1 aliphatic heterocycles. The largest absolute Gasteiger partial charge is 0.465 e. The second kappa shape index (κ2) is 9.87. The number of aromatic nitrogens is 2. The van der Waals surface area contributed by atoms with Crippen LogP contribution in [-0.4, -0.2) is 60.0 Å². The van der Waals surface area contributed by atoms with Gasteiger partial charge in [0.1, 0.15) is 17.9 Å². The first-order valence-corrected chi connectivity index (χ1v) is 11.2. The Morgan fingerprint density at radius 3 is 2.53 bits per heavy atom. The Hall–Kier alpha value is -4.00. The van der Waals surface area contributed by atoms with Crippen molar-refractivity contribution in [2.24, 2.45) is 5.92 Å². The van der Waals surface area contributed by atoms with Gasteiger partial charge in [-0.05, 0) is 43.7 Å². The Balaban J connectivity index is 1.32. The Morgan fingerprint density at radius 2 is 1.91 bits per heavy atom. The zero-order valence-electron chi connectivity index (χ0n) is 18.9. The van der Waals surface area contributed by atoms with Crippen LogP contribution in [0.5, 0.6) is 0 Å². The highest BCUT2D eigenvalue weighted by Crippen LogP contribution is 2.36. The summed E-state index contributed by atoms with van der Waals surface area (Å²) in [5.74, 6) is -0.757. The summed E-state index contributed by atoms with van der Waals surface area (Å²) in [4.78, 5) is 47.1. The fraction of sp³-hybridized carbons (Fsp3) is 0.417. The first-order valence-electron chi connectivity index (χ1n) is 11.2. The smallest absolute Gasteiger partial charge is 0.340 e. The molecule has 2 N–H and O–H groups in total. The number of amides is 2. The highest BCUT2D eigenvalue weighted by Gasteiger charge is 2.51. The normalized spacial score (nSPS) is 16.8. The van der Waals surface area contributed by atoms with E-state index in [1.54, 1.807) is 18.2 Å². The summed E-state index contributed by atoms with van der Waals surface area (Å²) in [7, 11) is 1.32. The number of para-hydroxylation sites is 1. The fourth-order valence-corrected chi connectivity index (χ4v) is 4.26. The average Bonchev–Trinajstić information content (AvgIpc) is 3.67. The number of carbonyl (C=O) groups excluding carboxylic acids is 3. The van der Waals surface area contributed by atoms with Crippen molar-refractivity contribution in [1.82, 2.24) is 20.6 Å².